The van der Waals surface area contributed by atoms with Gasteiger partial charge in [0.05, 0.1) is 10.9 Å². The maximum Gasteiger partial charge on any atom is 0.241 e. The molecule has 1 aliphatic rings. The Morgan fingerprint density at radius 2 is 1.67 bits per heavy atom. The molecule has 1 atom stereocenters. The van der Waals surface area contributed by atoms with Crippen molar-refractivity contribution in [2.45, 2.75) is 30.8 Å². The second-order valence-electron chi connectivity index (χ2n) is 5.93. The predicted octanol–water partition coefficient (Wildman–Crippen LogP) is 1.94. The number of amides is 1. The maximum absolute atomic E-state index is 12.6. The predicted molar refractivity (Wildman–Crippen MR) is 91.8 cm³/mol. The summed E-state index contributed by atoms with van der Waals surface area (Å²) in [5.74, 6) is -0.205. The van der Waals surface area contributed by atoms with E-state index in [1.165, 1.54) is 17.7 Å². The Morgan fingerprint density at radius 3 is 2.38 bits per heavy atom. The Balaban J connectivity index is 1.70. The number of fused-ring (bicyclic) bond motifs is 1. The molecule has 0 aromatic heterocycles. The molecule has 0 bridgehead atoms. The van der Waals surface area contributed by atoms with Crippen LogP contribution in [-0.2, 0) is 27.8 Å². The average molecular weight is 344 g/mol. The fourth-order valence-corrected chi connectivity index (χ4v) is 4.13. The first kappa shape index (κ1) is 16.7. The molecule has 126 valence electrons. The number of carbonyl (C=O) groups is 1. The zero-order valence-electron chi connectivity index (χ0n) is 13.5. The average Bonchev–Trinajstić information content (AvgIpc) is 2.61. The van der Waals surface area contributed by atoms with Crippen molar-refractivity contribution in [3.05, 3.63) is 65.7 Å². The fraction of sp³-hybridized carbons (Fsp3) is 0.278. The quantitative estimate of drug-likeness (QED) is 0.922. The van der Waals surface area contributed by atoms with Crippen LogP contribution in [0.2, 0.25) is 0 Å². The molecule has 0 fully saturated rings. The second kappa shape index (κ2) is 6.75. The van der Waals surface area contributed by atoms with Gasteiger partial charge >= 0.3 is 0 Å². The van der Waals surface area contributed by atoms with Crippen molar-refractivity contribution in [3.63, 3.8) is 0 Å². The number of rotatable bonds is 4. The summed E-state index contributed by atoms with van der Waals surface area (Å²) in [4.78, 5) is 14.5. The van der Waals surface area contributed by atoms with Gasteiger partial charge in [-0.25, -0.2) is 8.42 Å². The van der Waals surface area contributed by atoms with Gasteiger partial charge in [-0.15, -0.1) is 0 Å². The van der Waals surface area contributed by atoms with Crippen molar-refractivity contribution in [3.8, 4) is 0 Å². The molecule has 1 amide bonds. The van der Waals surface area contributed by atoms with E-state index in [9.17, 15) is 13.2 Å². The van der Waals surface area contributed by atoms with E-state index in [-0.39, 0.29) is 10.8 Å². The van der Waals surface area contributed by atoms with Crippen LogP contribution in [0.1, 0.15) is 18.1 Å². The standard InChI is InChI=1S/C18H20N2O3S/c1-14(19-24(22,23)17-9-3-2-4-10-17)18(21)20-12-11-15-7-5-6-8-16(15)13-20/h2-10,14,19H,11-13H2,1H3. The summed E-state index contributed by atoms with van der Waals surface area (Å²) in [7, 11) is -3.70. The summed E-state index contributed by atoms with van der Waals surface area (Å²) in [6.45, 7) is 2.71. The molecule has 2 aromatic carbocycles. The maximum atomic E-state index is 12.6. The van der Waals surface area contributed by atoms with E-state index >= 15 is 0 Å². The molecular weight excluding hydrogens is 324 g/mol. The van der Waals surface area contributed by atoms with Crippen LogP contribution in [0.4, 0.5) is 0 Å². The molecule has 6 heteroatoms. The Morgan fingerprint density at radius 1 is 1.04 bits per heavy atom. The normalized spacial score (nSPS) is 15.6. The largest absolute Gasteiger partial charge is 0.337 e. The van der Waals surface area contributed by atoms with Crippen LogP contribution in [-0.4, -0.2) is 31.8 Å². The molecule has 0 spiro atoms. The molecular formula is C18H20N2O3S. The number of hydrogen-bond donors (Lipinski definition) is 1. The van der Waals surface area contributed by atoms with E-state index in [2.05, 4.69) is 10.8 Å². The lowest BCUT2D eigenvalue weighted by molar-refractivity contribution is -0.133. The first-order chi connectivity index (χ1) is 11.5. The van der Waals surface area contributed by atoms with Crippen molar-refractivity contribution in [1.29, 1.82) is 0 Å². The number of carbonyl (C=O) groups excluding carboxylic acids is 1. The first-order valence-electron chi connectivity index (χ1n) is 7.90. The Labute approximate surface area is 142 Å². The molecule has 0 saturated carbocycles. The van der Waals surface area contributed by atoms with Gasteiger partial charge in [0.2, 0.25) is 15.9 Å². The number of hydrogen-bond acceptors (Lipinski definition) is 3. The highest BCUT2D eigenvalue weighted by molar-refractivity contribution is 7.89. The lowest BCUT2D eigenvalue weighted by Gasteiger charge is -2.31. The number of nitrogens with zero attached hydrogens (tertiary/aromatic N) is 1. The summed E-state index contributed by atoms with van der Waals surface area (Å²) in [6, 6.07) is 15.3. The minimum Gasteiger partial charge on any atom is -0.337 e. The third-order valence-electron chi connectivity index (χ3n) is 4.20. The molecule has 1 N–H and O–H groups in total. The van der Waals surface area contributed by atoms with Crippen molar-refractivity contribution >= 4 is 15.9 Å². The van der Waals surface area contributed by atoms with E-state index in [0.717, 1.165) is 12.0 Å². The number of benzene rings is 2. The van der Waals surface area contributed by atoms with Gasteiger partial charge < -0.3 is 4.90 Å². The second-order valence-corrected chi connectivity index (χ2v) is 7.65. The lowest BCUT2D eigenvalue weighted by atomic mass is 9.99. The van der Waals surface area contributed by atoms with E-state index in [4.69, 9.17) is 0 Å². The van der Waals surface area contributed by atoms with Crippen molar-refractivity contribution in [2.24, 2.45) is 0 Å². The lowest BCUT2D eigenvalue weighted by Crippen LogP contribution is -2.48. The van der Waals surface area contributed by atoms with Crippen molar-refractivity contribution in [1.82, 2.24) is 9.62 Å². The summed E-state index contributed by atoms with van der Waals surface area (Å²) in [6.07, 6.45) is 0.792. The van der Waals surface area contributed by atoms with Gasteiger partial charge in [0.1, 0.15) is 0 Å². The van der Waals surface area contributed by atoms with Crippen LogP contribution >= 0.6 is 0 Å². The van der Waals surface area contributed by atoms with Crippen molar-refractivity contribution in [2.75, 3.05) is 6.54 Å². The molecule has 0 saturated heterocycles. The summed E-state index contributed by atoms with van der Waals surface area (Å²) in [5, 5.41) is 0. The summed E-state index contributed by atoms with van der Waals surface area (Å²) in [5.41, 5.74) is 2.37. The van der Waals surface area contributed by atoms with Gasteiger partial charge in [-0.1, -0.05) is 42.5 Å². The monoisotopic (exact) mass is 344 g/mol. The van der Waals surface area contributed by atoms with E-state index in [0.29, 0.717) is 13.1 Å². The highest BCUT2D eigenvalue weighted by atomic mass is 32.2. The summed E-state index contributed by atoms with van der Waals surface area (Å²) >= 11 is 0. The van der Waals surface area contributed by atoms with Crippen molar-refractivity contribution < 1.29 is 13.2 Å². The minimum atomic E-state index is -3.70. The van der Waals surface area contributed by atoms with Crippen LogP contribution in [0, 0.1) is 0 Å². The third-order valence-corrected chi connectivity index (χ3v) is 5.75. The SMILES string of the molecule is CC(NS(=O)(=O)c1ccccc1)C(=O)N1CCc2ccccc2C1. The van der Waals surface area contributed by atoms with Gasteiger partial charge in [0.15, 0.2) is 0 Å². The van der Waals surface area contributed by atoms with Gasteiger partial charge in [-0.05, 0) is 36.6 Å². The first-order valence-corrected chi connectivity index (χ1v) is 9.38. The highest BCUT2D eigenvalue weighted by Gasteiger charge is 2.27. The van der Waals surface area contributed by atoms with Gasteiger partial charge in [-0.3, -0.25) is 4.79 Å². The molecule has 1 unspecified atom stereocenters. The minimum absolute atomic E-state index is 0.161. The van der Waals surface area contributed by atoms with Crippen LogP contribution in [0.15, 0.2) is 59.5 Å². The van der Waals surface area contributed by atoms with Crippen LogP contribution in [0.5, 0.6) is 0 Å². The van der Waals surface area contributed by atoms with E-state index in [1.54, 1.807) is 30.0 Å². The highest BCUT2D eigenvalue weighted by Crippen LogP contribution is 2.19. The van der Waals surface area contributed by atoms with Gasteiger partial charge in [0, 0.05) is 13.1 Å². The molecule has 0 radical (unpaired) electrons. The number of sulfonamides is 1. The third kappa shape index (κ3) is 3.49. The topological polar surface area (TPSA) is 66.5 Å². The van der Waals surface area contributed by atoms with E-state index < -0.39 is 16.1 Å². The molecule has 0 aliphatic carbocycles. The fourth-order valence-electron chi connectivity index (χ4n) is 2.91. The zero-order valence-corrected chi connectivity index (χ0v) is 14.3. The van der Waals surface area contributed by atoms with Gasteiger partial charge in [-0.2, -0.15) is 4.72 Å². The Hall–Kier alpha value is -2.18. The van der Waals surface area contributed by atoms with Crippen LogP contribution < -0.4 is 4.72 Å². The zero-order chi connectivity index (χ0) is 17.2. The molecule has 24 heavy (non-hydrogen) atoms. The molecule has 3 rings (SSSR count). The molecule has 2 aromatic rings. The molecule has 5 nitrogen and oxygen atoms in total. The summed E-state index contributed by atoms with van der Waals surface area (Å²) < 4.78 is 27.2. The van der Waals surface area contributed by atoms with E-state index in [1.807, 2.05) is 18.2 Å². The van der Waals surface area contributed by atoms with Crippen LogP contribution in [0.3, 0.4) is 0 Å². The van der Waals surface area contributed by atoms with Crippen LogP contribution in [0.25, 0.3) is 0 Å². The van der Waals surface area contributed by atoms with Gasteiger partial charge in [0.25, 0.3) is 0 Å². The molecule has 1 heterocycles. The Kier molecular flexibility index (Phi) is 4.69. The Bertz CT molecular complexity index is 834. The smallest absolute Gasteiger partial charge is 0.241 e. The number of nitrogens with one attached hydrogen (secondary N) is 1. The molecule has 1 aliphatic heterocycles.